The largest absolute Gasteiger partial charge is 0.481 e. The third-order valence-corrected chi connectivity index (χ3v) is 4.36. The zero-order valence-electron chi connectivity index (χ0n) is 9.09. The van der Waals surface area contributed by atoms with Crippen molar-refractivity contribution in [2.45, 2.75) is 19.3 Å². The number of sulfonamides is 1. The van der Waals surface area contributed by atoms with Crippen LogP contribution in [-0.4, -0.2) is 55.9 Å². The summed E-state index contributed by atoms with van der Waals surface area (Å²) in [4.78, 5) is 10.2. The van der Waals surface area contributed by atoms with Gasteiger partial charge in [0.05, 0.1) is 19.0 Å². The summed E-state index contributed by atoms with van der Waals surface area (Å²) in [6.45, 7) is 1.69. The second-order valence-corrected chi connectivity index (χ2v) is 5.77. The van der Waals surface area contributed by atoms with Gasteiger partial charge in [0.25, 0.3) is 0 Å². The molecule has 0 atom stereocenters. The fourth-order valence-corrected chi connectivity index (χ4v) is 3.05. The van der Waals surface area contributed by atoms with E-state index in [9.17, 15) is 13.2 Å². The topological polar surface area (TPSA) is 83.9 Å². The molecule has 1 aliphatic heterocycles. The van der Waals surface area contributed by atoms with Gasteiger partial charge >= 0.3 is 5.97 Å². The molecular weight excluding hydrogens is 234 g/mol. The van der Waals surface area contributed by atoms with E-state index in [1.807, 2.05) is 0 Å². The van der Waals surface area contributed by atoms with Gasteiger partial charge in [-0.1, -0.05) is 0 Å². The van der Waals surface area contributed by atoms with E-state index in [-0.39, 0.29) is 12.2 Å². The summed E-state index contributed by atoms with van der Waals surface area (Å²) in [6, 6.07) is 0. The number of carbonyl (C=O) groups is 1. The van der Waals surface area contributed by atoms with Crippen LogP contribution >= 0.6 is 0 Å². The van der Waals surface area contributed by atoms with Crippen LogP contribution in [0.1, 0.15) is 19.3 Å². The Morgan fingerprint density at radius 3 is 2.44 bits per heavy atom. The predicted octanol–water partition coefficient (Wildman–Crippen LogP) is -0.0967. The Bertz CT molecular complexity index is 321. The average molecular weight is 251 g/mol. The van der Waals surface area contributed by atoms with Crippen LogP contribution < -0.4 is 0 Å². The molecule has 0 aromatic rings. The summed E-state index contributed by atoms with van der Waals surface area (Å²) in [7, 11) is -3.22. The number of aliphatic carboxylic acids is 1. The Kier molecular flexibility index (Phi) is 5.17. The van der Waals surface area contributed by atoms with Gasteiger partial charge in [0.2, 0.25) is 10.0 Å². The van der Waals surface area contributed by atoms with Crippen molar-refractivity contribution in [3.8, 4) is 0 Å². The number of hydrogen-bond donors (Lipinski definition) is 1. The molecule has 94 valence electrons. The van der Waals surface area contributed by atoms with Gasteiger partial charge < -0.3 is 9.84 Å². The highest BCUT2D eigenvalue weighted by Gasteiger charge is 2.23. The maximum Gasteiger partial charge on any atom is 0.303 e. The Morgan fingerprint density at radius 2 is 1.88 bits per heavy atom. The summed E-state index contributed by atoms with van der Waals surface area (Å²) >= 11 is 0. The van der Waals surface area contributed by atoms with E-state index in [0.717, 1.165) is 0 Å². The van der Waals surface area contributed by atoms with Crippen molar-refractivity contribution in [3.63, 3.8) is 0 Å². The Morgan fingerprint density at radius 1 is 1.25 bits per heavy atom. The van der Waals surface area contributed by atoms with Crippen LogP contribution in [0, 0.1) is 0 Å². The number of carboxylic acids is 1. The van der Waals surface area contributed by atoms with Crippen LogP contribution in [-0.2, 0) is 19.6 Å². The highest BCUT2D eigenvalue weighted by molar-refractivity contribution is 7.89. The fraction of sp³-hybridized carbons (Fsp3) is 0.889. The molecule has 1 rings (SSSR count). The van der Waals surface area contributed by atoms with E-state index in [1.165, 1.54) is 4.31 Å². The van der Waals surface area contributed by atoms with Crippen molar-refractivity contribution in [3.05, 3.63) is 0 Å². The lowest BCUT2D eigenvalue weighted by molar-refractivity contribution is -0.137. The van der Waals surface area contributed by atoms with E-state index in [4.69, 9.17) is 9.84 Å². The Hall–Kier alpha value is -0.660. The minimum Gasteiger partial charge on any atom is -0.481 e. The van der Waals surface area contributed by atoms with Gasteiger partial charge in [-0.2, -0.15) is 4.31 Å². The molecule has 0 unspecified atom stereocenters. The van der Waals surface area contributed by atoms with Crippen molar-refractivity contribution in [2.75, 3.05) is 32.1 Å². The van der Waals surface area contributed by atoms with E-state index in [2.05, 4.69) is 0 Å². The Labute approximate surface area is 95.2 Å². The van der Waals surface area contributed by atoms with Crippen LogP contribution in [0.4, 0.5) is 0 Å². The van der Waals surface area contributed by atoms with Crippen LogP contribution in [0.3, 0.4) is 0 Å². The van der Waals surface area contributed by atoms with Crippen molar-refractivity contribution >= 4 is 16.0 Å². The first-order chi connectivity index (χ1) is 7.52. The zero-order valence-corrected chi connectivity index (χ0v) is 9.91. The molecule has 0 aliphatic carbocycles. The molecule has 16 heavy (non-hydrogen) atoms. The smallest absolute Gasteiger partial charge is 0.303 e. The normalized spacial score (nSPS) is 18.5. The molecule has 1 heterocycles. The van der Waals surface area contributed by atoms with E-state index < -0.39 is 16.0 Å². The molecular formula is C9H17NO5S. The molecule has 1 fully saturated rings. The second kappa shape index (κ2) is 6.17. The lowest BCUT2D eigenvalue weighted by atomic mass is 10.3. The summed E-state index contributed by atoms with van der Waals surface area (Å²) in [5, 5.41) is 8.42. The zero-order chi connectivity index (χ0) is 12.0. The van der Waals surface area contributed by atoms with Crippen LogP contribution in [0.2, 0.25) is 0 Å². The first-order valence-corrected chi connectivity index (χ1v) is 6.90. The van der Waals surface area contributed by atoms with Gasteiger partial charge in [-0.15, -0.1) is 0 Å². The third-order valence-electron chi connectivity index (χ3n) is 2.41. The molecule has 0 amide bonds. The monoisotopic (exact) mass is 251 g/mol. The molecule has 0 radical (unpaired) electrons. The van der Waals surface area contributed by atoms with Gasteiger partial charge in [0, 0.05) is 19.5 Å². The third kappa shape index (κ3) is 4.46. The maximum atomic E-state index is 11.8. The predicted molar refractivity (Wildman–Crippen MR) is 57.7 cm³/mol. The van der Waals surface area contributed by atoms with Gasteiger partial charge in [0.15, 0.2) is 0 Å². The first-order valence-electron chi connectivity index (χ1n) is 5.30. The molecule has 1 saturated heterocycles. The molecule has 7 heteroatoms. The number of hydrogen-bond acceptors (Lipinski definition) is 4. The summed E-state index contributed by atoms with van der Waals surface area (Å²) in [5.41, 5.74) is 0. The number of morpholine rings is 1. The number of unbranched alkanes of at least 4 members (excludes halogenated alkanes) is 1. The molecule has 0 aromatic heterocycles. The first kappa shape index (κ1) is 13.4. The molecule has 0 aromatic carbocycles. The summed E-state index contributed by atoms with van der Waals surface area (Å²) in [5.74, 6) is -0.857. The molecule has 0 bridgehead atoms. The standard InChI is InChI=1S/C9H17NO5S/c11-9(12)3-1-2-8-16(13,14)10-4-6-15-7-5-10/h1-8H2,(H,11,12). The molecule has 1 aliphatic rings. The van der Waals surface area contributed by atoms with Crippen LogP contribution in [0.5, 0.6) is 0 Å². The van der Waals surface area contributed by atoms with Crippen molar-refractivity contribution in [1.29, 1.82) is 0 Å². The fourth-order valence-electron chi connectivity index (χ4n) is 1.51. The van der Waals surface area contributed by atoms with Crippen LogP contribution in [0.25, 0.3) is 0 Å². The summed E-state index contributed by atoms with van der Waals surface area (Å²) in [6.07, 6.45) is 0.823. The molecule has 0 spiro atoms. The number of nitrogens with zero attached hydrogens (tertiary/aromatic N) is 1. The quantitative estimate of drug-likeness (QED) is 0.667. The van der Waals surface area contributed by atoms with E-state index >= 15 is 0 Å². The van der Waals surface area contributed by atoms with Gasteiger partial charge in [0.1, 0.15) is 0 Å². The van der Waals surface area contributed by atoms with Crippen molar-refractivity contribution < 1.29 is 23.1 Å². The van der Waals surface area contributed by atoms with Gasteiger partial charge in [-0.25, -0.2) is 8.42 Å². The minimum atomic E-state index is -3.22. The number of ether oxygens (including phenoxy) is 1. The van der Waals surface area contributed by atoms with Crippen LogP contribution in [0.15, 0.2) is 0 Å². The average Bonchev–Trinajstić information content (AvgIpc) is 2.26. The Balaban J connectivity index is 2.30. The number of carboxylic acid groups (broad SMARTS) is 1. The van der Waals surface area contributed by atoms with Gasteiger partial charge in [-0.3, -0.25) is 4.79 Å². The van der Waals surface area contributed by atoms with E-state index in [0.29, 0.717) is 39.1 Å². The second-order valence-electron chi connectivity index (χ2n) is 3.68. The summed E-state index contributed by atoms with van der Waals surface area (Å²) < 4.78 is 30.0. The van der Waals surface area contributed by atoms with Crippen molar-refractivity contribution in [2.24, 2.45) is 0 Å². The SMILES string of the molecule is O=C(O)CCCCS(=O)(=O)N1CCOCC1. The molecule has 1 N–H and O–H groups in total. The highest BCUT2D eigenvalue weighted by Crippen LogP contribution is 2.08. The minimum absolute atomic E-state index is 0.0264. The van der Waals surface area contributed by atoms with Crippen molar-refractivity contribution in [1.82, 2.24) is 4.31 Å². The highest BCUT2D eigenvalue weighted by atomic mass is 32.2. The number of rotatable bonds is 6. The maximum absolute atomic E-state index is 11.8. The van der Waals surface area contributed by atoms with E-state index in [1.54, 1.807) is 0 Å². The molecule has 0 saturated carbocycles. The lowest BCUT2D eigenvalue weighted by Gasteiger charge is -2.25. The lowest BCUT2D eigenvalue weighted by Crippen LogP contribution is -2.41. The van der Waals surface area contributed by atoms with Gasteiger partial charge in [-0.05, 0) is 12.8 Å². The molecule has 6 nitrogen and oxygen atoms in total.